The molecule has 8 nitrogen and oxygen atoms in total. The molecule has 206 valence electrons. The first kappa shape index (κ1) is 27.1. The number of hydrogen-bond donors (Lipinski definition) is 0. The van der Waals surface area contributed by atoms with Gasteiger partial charge in [-0.3, -0.25) is 4.79 Å². The summed E-state index contributed by atoms with van der Waals surface area (Å²) < 4.78 is 24.8. The predicted octanol–water partition coefficient (Wildman–Crippen LogP) is 4.20. The molecule has 0 N–H and O–H groups in total. The highest BCUT2D eigenvalue weighted by Crippen LogP contribution is 2.32. The smallest absolute Gasteiger partial charge is 0.272 e. The molecule has 3 aliphatic heterocycles. The Kier molecular flexibility index (Phi) is 8.65. The van der Waals surface area contributed by atoms with Gasteiger partial charge in [-0.2, -0.15) is 0 Å². The van der Waals surface area contributed by atoms with Gasteiger partial charge in [-0.1, -0.05) is 11.6 Å². The zero-order valence-electron chi connectivity index (χ0n) is 22.2. The van der Waals surface area contributed by atoms with Crippen LogP contribution in [-0.4, -0.2) is 86.5 Å². The topological polar surface area (TPSA) is 71.0 Å². The third kappa shape index (κ3) is 5.90. The number of benzene rings is 1. The molecular formula is C28H37ClFN5O3. The molecule has 3 saturated heterocycles. The van der Waals surface area contributed by atoms with E-state index in [2.05, 4.69) is 19.8 Å². The van der Waals surface area contributed by atoms with Crippen molar-refractivity contribution in [1.82, 2.24) is 14.9 Å². The van der Waals surface area contributed by atoms with Crippen LogP contribution in [0.1, 0.15) is 41.7 Å². The molecule has 2 aromatic rings. The summed E-state index contributed by atoms with van der Waals surface area (Å²) in [6.45, 7) is 7.91. The van der Waals surface area contributed by atoms with Gasteiger partial charge in [-0.05, 0) is 62.6 Å². The second-order valence-electron chi connectivity index (χ2n) is 10.6. The number of rotatable bonds is 6. The minimum atomic E-state index is -0.411. The molecule has 3 fully saturated rings. The first-order valence-electron chi connectivity index (χ1n) is 13.6. The SMILES string of the molecule is COC1COCCC1CC1CCN(C(=O)c2ncnc(N3CCN(c4ccc(F)c(Cl)c4)CC3)c2C)CC1. The lowest BCUT2D eigenvalue weighted by molar-refractivity contribution is -0.0725. The number of piperidine rings is 1. The Bertz CT molecular complexity index is 1120. The quantitative estimate of drug-likeness (QED) is 0.539. The zero-order chi connectivity index (χ0) is 26.6. The number of methoxy groups -OCH3 is 1. The van der Waals surface area contributed by atoms with Crippen molar-refractivity contribution in [3.63, 3.8) is 0 Å². The molecule has 10 heteroatoms. The monoisotopic (exact) mass is 545 g/mol. The summed E-state index contributed by atoms with van der Waals surface area (Å²) in [5.41, 5.74) is 2.22. The largest absolute Gasteiger partial charge is 0.379 e. The normalized spacial score (nSPS) is 23.1. The van der Waals surface area contributed by atoms with Crippen LogP contribution in [0.4, 0.5) is 15.9 Å². The molecule has 0 bridgehead atoms. The number of anilines is 2. The van der Waals surface area contributed by atoms with E-state index in [-0.39, 0.29) is 17.0 Å². The van der Waals surface area contributed by atoms with Crippen molar-refractivity contribution in [2.75, 3.05) is 69.4 Å². The second-order valence-corrected chi connectivity index (χ2v) is 11.0. The number of likely N-dealkylation sites (tertiary alicyclic amines) is 1. The fraction of sp³-hybridized carbons (Fsp3) is 0.607. The van der Waals surface area contributed by atoms with Crippen molar-refractivity contribution in [2.24, 2.45) is 11.8 Å². The van der Waals surface area contributed by atoms with Crippen molar-refractivity contribution >= 4 is 29.0 Å². The number of aromatic nitrogens is 2. The molecule has 3 aliphatic rings. The van der Waals surface area contributed by atoms with Crippen LogP contribution in [0, 0.1) is 24.6 Å². The lowest BCUT2D eigenvalue weighted by Gasteiger charge is -2.38. The third-order valence-corrected chi connectivity index (χ3v) is 8.68. The van der Waals surface area contributed by atoms with Gasteiger partial charge < -0.3 is 24.2 Å². The number of nitrogens with zero attached hydrogens (tertiary/aromatic N) is 5. The van der Waals surface area contributed by atoms with E-state index < -0.39 is 5.82 Å². The molecule has 0 radical (unpaired) electrons. The maximum atomic E-state index is 13.6. The van der Waals surface area contributed by atoms with Gasteiger partial charge in [0, 0.05) is 64.2 Å². The van der Waals surface area contributed by atoms with Gasteiger partial charge in [-0.25, -0.2) is 14.4 Å². The maximum Gasteiger partial charge on any atom is 0.272 e. The van der Waals surface area contributed by atoms with Crippen LogP contribution in [-0.2, 0) is 9.47 Å². The molecule has 1 amide bonds. The fourth-order valence-electron chi connectivity index (χ4n) is 6.07. The van der Waals surface area contributed by atoms with Gasteiger partial charge in [-0.15, -0.1) is 0 Å². The zero-order valence-corrected chi connectivity index (χ0v) is 23.0. The molecule has 2 atom stereocenters. The summed E-state index contributed by atoms with van der Waals surface area (Å²) in [6.07, 6.45) is 5.88. The van der Waals surface area contributed by atoms with Gasteiger partial charge >= 0.3 is 0 Å². The number of carbonyl (C=O) groups excluding carboxylic acids is 1. The molecular weight excluding hydrogens is 509 g/mol. The summed E-state index contributed by atoms with van der Waals surface area (Å²) in [4.78, 5) is 28.7. The van der Waals surface area contributed by atoms with Crippen LogP contribution >= 0.6 is 11.6 Å². The summed E-state index contributed by atoms with van der Waals surface area (Å²) in [6, 6.07) is 4.83. The van der Waals surface area contributed by atoms with E-state index in [4.69, 9.17) is 21.1 Å². The standard InChI is InChI=1S/C28H37ClFN5O3/c1-19-26(28(36)35-8-5-20(6-9-35)15-21-7-14-38-17-25(21)37-2)31-18-32-27(19)34-12-10-33(11-13-34)22-3-4-24(30)23(29)16-22/h3-4,16,18,20-21,25H,5-15,17H2,1-2H3. The summed E-state index contributed by atoms with van der Waals surface area (Å²) in [5.74, 6) is 1.53. The van der Waals surface area contributed by atoms with Crippen LogP contribution < -0.4 is 9.80 Å². The summed E-state index contributed by atoms with van der Waals surface area (Å²) in [5, 5.41) is 0.131. The van der Waals surface area contributed by atoms with Gasteiger partial charge in [0.25, 0.3) is 5.91 Å². The first-order valence-corrected chi connectivity index (χ1v) is 14.0. The third-order valence-electron chi connectivity index (χ3n) is 8.39. The van der Waals surface area contributed by atoms with Crippen molar-refractivity contribution in [3.05, 3.63) is 46.6 Å². The Labute approximate surface area is 229 Å². The van der Waals surface area contributed by atoms with Crippen LogP contribution in [0.25, 0.3) is 0 Å². The lowest BCUT2D eigenvalue weighted by Crippen LogP contribution is -2.47. The van der Waals surface area contributed by atoms with Crippen molar-refractivity contribution in [3.8, 4) is 0 Å². The van der Waals surface area contributed by atoms with E-state index in [1.54, 1.807) is 19.2 Å². The Morgan fingerprint density at radius 2 is 1.84 bits per heavy atom. The molecule has 1 aromatic heterocycles. The average molecular weight is 546 g/mol. The van der Waals surface area contributed by atoms with Gasteiger partial charge in [0.15, 0.2) is 0 Å². The van der Waals surface area contributed by atoms with E-state index in [0.717, 1.165) is 88.6 Å². The number of carbonyl (C=O) groups is 1. The molecule has 4 heterocycles. The molecule has 38 heavy (non-hydrogen) atoms. The van der Waals surface area contributed by atoms with Crippen molar-refractivity contribution < 1.29 is 18.7 Å². The Morgan fingerprint density at radius 1 is 1.11 bits per heavy atom. The average Bonchev–Trinajstić information content (AvgIpc) is 2.95. The summed E-state index contributed by atoms with van der Waals surface area (Å²) >= 11 is 5.98. The van der Waals surface area contributed by atoms with Gasteiger partial charge in [0.1, 0.15) is 23.7 Å². The number of amides is 1. The minimum Gasteiger partial charge on any atom is -0.379 e. The number of hydrogen-bond acceptors (Lipinski definition) is 7. The minimum absolute atomic E-state index is 0.00924. The first-order chi connectivity index (χ1) is 18.4. The van der Waals surface area contributed by atoms with Crippen LogP contribution in [0.5, 0.6) is 0 Å². The molecule has 0 saturated carbocycles. The highest BCUT2D eigenvalue weighted by molar-refractivity contribution is 6.31. The number of piperazine rings is 1. The highest BCUT2D eigenvalue weighted by atomic mass is 35.5. The molecule has 1 aromatic carbocycles. The molecule has 5 rings (SSSR count). The Balaban J connectivity index is 1.17. The molecule has 0 aliphatic carbocycles. The summed E-state index contributed by atoms with van der Waals surface area (Å²) in [7, 11) is 1.77. The molecule has 2 unspecified atom stereocenters. The van der Waals surface area contributed by atoms with Crippen molar-refractivity contribution in [2.45, 2.75) is 38.7 Å². The maximum absolute atomic E-state index is 13.6. The van der Waals surface area contributed by atoms with Crippen LogP contribution in [0.3, 0.4) is 0 Å². The fourth-order valence-corrected chi connectivity index (χ4v) is 6.24. The Hall–Kier alpha value is -2.49. The van der Waals surface area contributed by atoms with E-state index in [0.29, 0.717) is 24.1 Å². The Morgan fingerprint density at radius 3 is 2.55 bits per heavy atom. The predicted molar refractivity (Wildman–Crippen MR) is 146 cm³/mol. The van der Waals surface area contributed by atoms with Crippen LogP contribution in [0.15, 0.2) is 24.5 Å². The van der Waals surface area contributed by atoms with Crippen LogP contribution in [0.2, 0.25) is 5.02 Å². The van der Waals surface area contributed by atoms with Gasteiger partial charge in [0.2, 0.25) is 0 Å². The van der Waals surface area contributed by atoms with E-state index in [9.17, 15) is 9.18 Å². The van der Waals surface area contributed by atoms with E-state index in [1.165, 1.54) is 12.4 Å². The number of halogens is 2. The highest BCUT2D eigenvalue weighted by Gasteiger charge is 2.32. The van der Waals surface area contributed by atoms with E-state index >= 15 is 0 Å². The number of ether oxygens (including phenoxy) is 2. The molecule has 0 spiro atoms. The van der Waals surface area contributed by atoms with E-state index in [1.807, 2.05) is 11.8 Å². The van der Waals surface area contributed by atoms with Crippen molar-refractivity contribution in [1.29, 1.82) is 0 Å². The lowest BCUT2D eigenvalue weighted by atomic mass is 9.82. The van der Waals surface area contributed by atoms with Gasteiger partial charge in [0.05, 0.1) is 17.7 Å². The second kappa shape index (κ2) is 12.1.